The Morgan fingerprint density at radius 1 is 1.29 bits per heavy atom. The number of aromatic nitrogens is 3. The Bertz CT molecular complexity index is 849. The number of aryl methyl sites for hydroxylation is 2. The number of pyridine rings is 1. The van der Waals surface area contributed by atoms with Gasteiger partial charge in [0.1, 0.15) is 0 Å². The van der Waals surface area contributed by atoms with Crippen LogP contribution in [0.4, 0.5) is 5.69 Å². The molecule has 24 heavy (non-hydrogen) atoms. The maximum absolute atomic E-state index is 12.1. The average molecular weight is 343 g/mol. The Morgan fingerprint density at radius 3 is 2.92 bits per heavy atom. The predicted octanol–water partition coefficient (Wildman–Crippen LogP) is 3.66. The summed E-state index contributed by atoms with van der Waals surface area (Å²) in [5.41, 5.74) is 2.40. The molecule has 6 nitrogen and oxygen atoms in total. The molecule has 1 amide bonds. The zero-order chi connectivity index (χ0) is 16.9. The van der Waals surface area contributed by atoms with E-state index in [1.54, 1.807) is 36.7 Å². The fourth-order valence-corrected chi connectivity index (χ4v) is 2.39. The third kappa shape index (κ3) is 3.97. The van der Waals surface area contributed by atoms with Crippen molar-refractivity contribution in [2.45, 2.75) is 19.8 Å². The van der Waals surface area contributed by atoms with E-state index in [1.165, 1.54) is 0 Å². The normalized spacial score (nSPS) is 10.6. The summed E-state index contributed by atoms with van der Waals surface area (Å²) in [6.07, 6.45) is 3.93. The molecule has 0 aliphatic carbocycles. The number of benzene rings is 1. The molecule has 0 atom stereocenters. The van der Waals surface area contributed by atoms with Gasteiger partial charge in [-0.3, -0.25) is 9.78 Å². The molecule has 2 heterocycles. The van der Waals surface area contributed by atoms with E-state index < -0.39 is 0 Å². The molecule has 0 radical (unpaired) electrons. The fourth-order valence-electron chi connectivity index (χ4n) is 2.16. The van der Waals surface area contributed by atoms with Gasteiger partial charge in [-0.1, -0.05) is 11.6 Å². The third-order valence-corrected chi connectivity index (χ3v) is 3.64. The van der Waals surface area contributed by atoms with Gasteiger partial charge in [0, 0.05) is 35.9 Å². The van der Waals surface area contributed by atoms with Gasteiger partial charge in [-0.2, -0.15) is 0 Å². The summed E-state index contributed by atoms with van der Waals surface area (Å²) in [4.78, 5) is 16.1. The number of hydrogen-bond acceptors (Lipinski definition) is 5. The van der Waals surface area contributed by atoms with E-state index in [0.29, 0.717) is 23.2 Å². The van der Waals surface area contributed by atoms with Gasteiger partial charge in [0.15, 0.2) is 0 Å². The van der Waals surface area contributed by atoms with E-state index in [1.807, 2.05) is 13.0 Å². The highest BCUT2D eigenvalue weighted by Crippen LogP contribution is 2.20. The number of hydrogen-bond donors (Lipinski definition) is 1. The van der Waals surface area contributed by atoms with Crippen LogP contribution in [-0.2, 0) is 11.2 Å². The Balaban J connectivity index is 1.58. The molecule has 0 saturated heterocycles. The highest BCUT2D eigenvalue weighted by molar-refractivity contribution is 6.30. The highest BCUT2D eigenvalue weighted by atomic mass is 35.5. The average Bonchev–Trinajstić information content (AvgIpc) is 3.05. The number of anilines is 1. The van der Waals surface area contributed by atoms with Crippen molar-refractivity contribution in [1.82, 2.24) is 15.2 Å². The largest absolute Gasteiger partial charge is 0.421 e. The molecule has 1 N–H and O–H groups in total. The number of carbonyl (C=O) groups is 1. The van der Waals surface area contributed by atoms with E-state index >= 15 is 0 Å². The number of nitrogens with zero attached hydrogens (tertiary/aromatic N) is 3. The second-order valence-corrected chi connectivity index (χ2v) is 5.69. The van der Waals surface area contributed by atoms with Crippen molar-refractivity contribution >= 4 is 23.2 Å². The molecule has 0 unspecified atom stereocenters. The van der Waals surface area contributed by atoms with E-state index in [-0.39, 0.29) is 12.3 Å². The van der Waals surface area contributed by atoms with Crippen molar-refractivity contribution in [2.75, 3.05) is 5.32 Å². The predicted molar refractivity (Wildman–Crippen MR) is 90.7 cm³/mol. The molecule has 3 rings (SSSR count). The van der Waals surface area contributed by atoms with Crippen LogP contribution in [0.2, 0.25) is 5.02 Å². The topological polar surface area (TPSA) is 80.9 Å². The summed E-state index contributed by atoms with van der Waals surface area (Å²) < 4.78 is 5.55. The Labute approximate surface area is 143 Å². The van der Waals surface area contributed by atoms with Crippen molar-refractivity contribution in [3.63, 3.8) is 0 Å². The van der Waals surface area contributed by atoms with Crippen LogP contribution in [-0.4, -0.2) is 21.1 Å². The lowest BCUT2D eigenvalue weighted by Crippen LogP contribution is -2.13. The number of halogens is 1. The SMILES string of the molecule is Cc1cc(Cl)ccc1NC(=O)CCc1nnc(-c2cccnc2)o1. The summed E-state index contributed by atoms with van der Waals surface area (Å²) in [7, 11) is 0. The molecular formula is C17H15ClN4O2. The summed E-state index contributed by atoms with van der Waals surface area (Å²) in [5, 5.41) is 11.4. The summed E-state index contributed by atoms with van der Waals surface area (Å²) in [6, 6.07) is 8.95. The molecule has 0 aliphatic heterocycles. The first-order valence-electron chi connectivity index (χ1n) is 7.40. The summed E-state index contributed by atoms with van der Waals surface area (Å²) in [6.45, 7) is 1.89. The van der Waals surface area contributed by atoms with Gasteiger partial charge in [-0.05, 0) is 42.8 Å². The van der Waals surface area contributed by atoms with Gasteiger partial charge >= 0.3 is 0 Å². The minimum Gasteiger partial charge on any atom is -0.421 e. The van der Waals surface area contributed by atoms with Gasteiger partial charge in [-0.25, -0.2) is 0 Å². The molecule has 1 aromatic carbocycles. The molecule has 0 bridgehead atoms. The van der Waals surface area contributed by atoms with Gasteiger partial charge in [0.2, 0.25) is 17.7 Å². The Morgan fingerprint density at radius 2 is 2.17 bits per heavy atom. The van der Waals surface area contributed by atoms with Gasteiger partial charge in [0.25, 0.3) is 0 Å². The molecule has 0 aliphatic rings. The van der Waals surface area contributed by atoms with E-state index in [4.69, 9.17) is 16.0 Å². The quantitative estimate of drug-likeness (QED) is 0.765. The van der Waals surface area contributed by atoms with Crippen LogP contribution in [0.1, 0.15) is 17.9 Å². The minimum atomic E-state index is -0.124. The second kappa shape index (κ2) is 7.23. The monoisotopic (exact) mass is 342 g/mol. The number of amides is 1. The van der Waals surface area contributed by atoms with Crippen LogP contribution in [0.25, 0.3) is 11.5 Å². The van der Waals surface area contributed by atoms with Gasteiger partial charge < -0.3 is 9.73 Å². The lowest BCUT2D eigenvalue weighted by molar-refractivity contribution is -0.116. The zero-order valence-electron chi connectivity index (χ0n) is 13.0. The van der Waals surface area contributed by atoms with Crippen LogP contribution in [0.5, 0.6) is 0 Å². The minimum absolute atomic E-state index is 0.124. The number of nitrogens with one attached hydrogen (secondary N) is 1. The molecule has 0 saturated carbocycles. The highest BCUT2D eigenvalue weighted by Gasteiger charge is 2.11. The molecule has 2 aromatic heterocycles. The molecule has 122 valence electrons. The van der Waals surface area contributed by atoms with Crippen molar-refractivity contribution < 1.29 is 9.21 Å². The molecule has 0 spiro atoms. The van der Waals surface area contributed by atoms with Crippen molar-refractivity contribution in [2.24, 2.45) is 0 Å². The first kappa shape index (κ1) is 16.1. The van der Waals surface area contributed by atoms with Crippen molar-refractivity contribution in [1.29, 1.82) is 0 Å². The fraction of sp³-hybridized carbons (Fsp3) is 0.176. The van der Waals surface area contributed by atoms with E-state index in [0.717, 1.165) is 16.8 Å². The maximum atomic E-state index is 12.1. The van der Waals surface area contributed by atoms with Crippen LogP contribution >= 0.6 is 11.6 Å². The summed E-state index contributed by atoms with van der Waals surface area (Å²) >= 11 is 5.90. The van der Waals surface area contributed by atoms with Crippen LogP contribution in [0.15, 0.2) is 47.1 Å². The Hall–Kier alpha value is -2.73. The molecule has 7 heteroatoms. The smallest absolute Gasteiger partial charge is 0.249 e. The maximum Gasteiger partial charge on any atom is 0.249 e. The first-order chi connectivity index (χ1) is 11.6. The summed E-state index contributed by atoms with van der Waals surface area (Å²) in [5.74, 6) is 0.686. The molecule has 0 fully saturated rings. The lowest BCUT2D eigenvalue weighted by Gasteiger charge is -2.07. The van der Waals surface area contributed by atoms with Crippen LogP contribution < -0.4 is 5.32 Å². The zero-order valence-corrected chi connectivity index (χ0v) is 13.7. The van der Waals surface area contributed by atoms with E-state index in [2.05, 4.69) is 20.5 Å². The van der Waals surface area contributed by atoms with Crippen molar-refractivity contribution in [3.8, 4) is 11.5 Å². The number of carbonyl (C=O) groups excluding carboxylic acids is 1. The van der Waals surface area contributed by atoms with Gasteiger partial charge in [0.05, 0.1) is 5.56 Å². The second-order valence-electron chi connectivity index (χ2n) is 5.25. The standard InChI is InChI=1S/C17H15ClN4O2/c1-11-9-13(18)4-5-14(11)20-15(23)6-7-16-21-22-17(24-16)12-3-2-8-19-10-12/h2-5,8-10H,6-7H2,1H3,(H,20,23). The molecule has 3 aromatic rings. The third-order valence-electron chi connectivity index (χ3n) is 3.40. The Kier molecular flexibility index (Phi) is 4.86. The lowest BCUT2D eigenvalue weighted by atomic mass is 10.2. The number of rotatable bonds is 5. The first-order valence-corrected chi connectivity index (χ1v) is 7.78. The van der Waals surface area contributed by atoms with Crippen LogP contribution in [0, 0.1) is 6.92 Å². The van der Waals surface area contributed by atoms with Crippen molar-refractivity contribution in [3.05, 3.63) is 59.2 Å². The van der Waals surface area contributed by atoms with Crippen LogP contribution in [0.3, 0.4) is 0 Å². The van der Waals surface area contributed by atoms with E-state index in [9.17, 15) is 4.79 Å². The van der Waals surface area contributed by atoms with Gasteiger partial charge in [-0.15, -0.1) is 10.2 Å². The molecular weight excluding hydrogens is 328 g/mol.